The van der Waals surface area contributed by atoms with Gasteiger partial charge in [0.15, 0.2) is 0 Å². The van der Waals surface area contributed by atoms with Crippen molar-refractivity contribution in [1.29, 1.82) is 0 Å². The summed E-state index contributed by atoms with van der Waals surface area (Å²) in [5.74, 6) is -0.203. The molecule has 8 nitrogen and oxygen atoms in total. The van der Waals surface area contributed by atoms with E-state index in [4.69, 9.17) is 14.8 Å². The molecular formula is C30H61N2O6P. The molecule has 232 valence electrons. The number of allylic oxidation sites excluding steroid dienone is 1. The first-order valence-corrected chi connectivity index (χ1v) is 17.3. The molecule has 1 unspecified atom stereocenters. The second kappa shape index (κ2) is 27.4. The standard InChI is InChI=1S/C30H61N2O6P/c1-3-5-7-9-11-12-13-14-15-16-18-19-21-23-29(33)28(27-38-39(35,36)37-26-25-31)32-30(34)24-22-20-17-10-8-6-4-2/h21,23,28-29,33H,3-20,22,24-27,31H2,1-2H3,(H,32,34)(H,35,36)/b23-21+/t28-,29+/m0/s1. The van der Waals surface area contributed by atoms with Crippen molar-refractivity contribution in [2.45, 2.75) is 154 Å². The van der Waals surface area contributed by atoms with E-state index in [9.17, 15) is 19.4 Å². The lowest BCUT2D eigenvalue weighted by Gasteiger charge is -2.23. The van der Waals surface area contributed by atoms with E-state index in [2.05, 4.69) is 19.2 Å². The summed E-state index contributed by atoms with van der Waals surface area (Å²) in [5.41, 5.74) is 5.32. The highest BCUT2D eigenvalue weighted by Gasteiger charge is 2.26. The number of nitrogens with one attached hydrogen (secondary N) is 1. The highest BCUT2D eigenvalue weighted by Crippen LogP contribution is 2.43. The van der Waals surface area contributed by atoms with Crippen molar-refractivity contribution in [2.75, 3.05) is 19.8 Å². The van der Waals surface area contributed by atoms with Crippen molar-refractivity contribution in [1.82, 2.24) is 5.32 Å². The van der Waals surface area contributed by atoms with Crippen LogP contribution in [0, 0.1) is 0 Å². The lowest BCUT2D eigenvalue weighted by molar-refractivity contribution is -0.123. The fourth-order valence-electron chi connectivity index (χ4n) is 4.42. The van der Waals surface area contributed by atoms with E-state index in [1.54, 1.807) is 6.08 Å². The largest absolute Gasteiger partial charge is 0.472 e. The molecule has 0 heterocycles. The molecule has 0 aliphatic carbocycles. The summed E-state index contributed by atoms with van der Waals surface area (Å²) in [6, 6.07) is -0.849. The van der Waals surface area contributed by atoms with Gasteiger partial charge in [-0.25, -0.2) is 4.57 Å². The Balaban J connectivity index is 4.41. The number of rotatable bonds is 29. The van der Waals surface area contributed by atoms with Crippen molar-refractivity contribution in [3.05, 3.63) is 12.2 Å². The zero-order valence-electron chi connectivity index (χ0n) is 25.1. The van der Waals surface area contributed by atoms with Gasteiger partial charge in [0.05, 0.1) is 25.4 Å². The van der Waals surface area contributed by atoms with Crippen LogP contribution in [0.3, 0.4) is 0 Å². The molecule has 0 aromatic heterocycles. The monoisotopic (exact) mass is 576 g/mol. The van der Waals surface area contributed by atoms with Gasteiger partial charge in [0.2, 0.25) is 5.91 Å². The predicted octanol–water partition coefficient (Wildman–Crippen LogP) is 7.32. The molecule has 0 bridgehead atoms. The number of amides is 1. The van der Waals surface area contributed by atoms with Crippen LogP contribution in [0.1, 0.15) is 142 Å². The Morgan fingerprint density at radius 1 is 0.821 bits per heavy atom. The number of nitrogens with two attached hydrogens (primary N) is 1. The number of unbranched alkanes of at least 4 members (excludes halogenated alkanes) is 17. The smallest absolute Gasteiger partial charge is 0.387 e. The molecule has 0 saturated heterocycles. The number of hydrogen-bond donors (Lipinski definition) is 4. The lowest BCUT2D eigenvalue weighted by Crippen LogP contribution is -2.45. The SMILES string of the molecule is CCCCCCCCCCCCC/C=C/[C@@H](O)[C@H](COP(=O)(O)OCCN)NC(=O)CCCCCCCCC. The molecule has 3 atom stereocenters. The maximum atomic E-state index is 12.5. The molecule has 0 rings (SSSR count). The highest BCUT2D eigenvalue weighted by atomic mass is 31.2. The van der Waals surface area contributed by atoms with E-state index in [1.165, 1.54) is 83.5 Å². The molecule has 0 saturated carbocycles. The Labute approximate surface area is 239 Å². The van der Waals surface area contributed by atoms with Crippen molar-refractivity contribution in [3.63, 3.8) is 0 Å². The van der Waals surface area contributed by atoms with E-state index < -0.39 is 20.0 Å². The molecule has 9 heteroatoms. The van der Waals surface area contributed by atoms with E-state index >= 15 is 0 Å². The zero-order chi connectivity index (χ0) is 29.0. The molecule has 0 fully saturated rings. The molecule has 0 radical (unpaired) electrons. The van der Waals surface area contributed by atoms with Crippen LogP contribution in [0.4, 0.5) is 0 Å². The molecule has 0 aromatic rings. The minimum atomic E-state index is -4.31. The molecule has 0 spiro atoms. The number of aliphatic hydroxyl groups is 1. The summed E-state index contributed by atoms with van der Waals surface area (Å²) < 4.78 is 21.8. The van der Waals surface area contributed by atoms with Crippen LogP contribution < -0.4 is 11.1 Å². The third-order valence-electron chi connectivity index (χ3n) is 6.86. The molecule has 5 N–H and O–H groups in total. The van der Waals surface area contributed by atoms with Crippen LogP contribution in [0.15, 0.2) is 12.2 Å². The number of phosphoric ester groups is 1. The van der Waals surface area contributed by atoms with E-state index in [0.717, 1.165) is 38.5 Å². The number of carbonyl (C=O) groups excluding carboxylic acids is 1. The summed E-state index contributed by atoms with van der Waals surface area (Å²) in [6.07, 6.45) is 25.5. The second-order valence-corrected chi connectivity index (χ2v) is 12.1. The second-order valence-electron chi connectivity index (χ2n) is 10.7. The highest BCUT2D eigenvalue weighted by molar-refractivity contribution is 7.47. The normalized spacial score (nSPS) is 14.9. The summed E-state index contributed by atoms with van der Waals surface area (Å²) in [5, 5.41) is 13.5. The van der Waals surface area contributed by atoms with Crippen molar-refractivity contribution in [2.24, 2.45) is 5.73 Å². The first-order valence-electron chi connectivity index (χ1n) is 15.8. The summed E-state index contributed by atoms with van der Waals surface area (Å²) in [4.78, 5) is 22.3. The number of aliphatic hydroxyl groups excluding tert-OH is 1. The number of carbonyl (C=O) groups is 1. The van der Waals surface area contributed by atoms with Crippen LogP contribution in [-0.2, 0) is 18.4 Å². The van der Waals surface area contributed by atoms with Crippen molar-refractivity contribution in [3.8, 4) is 0 Å². The fourth-order valence-corrected chi connectivity index (χ4v) is 5.18. The molecule has 1 amide bonds. The van der Waals surface area contributed by atoms with Gasteiger partial charge in [-0.1, -0.05) is 129 Å². The van der Waals surface area contributed by atoms with Crippen molar-refractivity contribution >= 4 is 13.7 Å². The molecule has 0 aromatic carbocycles. The summed E-state index contributed by atoms with van der Waals surface area (Å²) in [7, 11) is -4.31. The minimum absolute atomic E-state index is 0.0803. The first kappa shape index (κ1) is 38.2. The van der Waals surface area contributed by atoms with E-state index in [1.807, 2.05) is 6.08 Å². The average Bonchev–Trinajstić information content (AvgIpc) is 2.91. The number of hydrogen-bond acceptors (Lipinski definition) is 6. The average molecular weight is 577 g/mol. The van der Waals surface area contributed by atoms with Crippen molar-refractivity contribution < 1.29 is 28.4 Å². The van der Waals surface area contributed by atoms with Gasteiger partial charge in [0.1, 0.15) is 0 Å². The Hall–Kier alpha value is -0.760. The van der Waals surface area contributed by atoms with E-state index in [-0.39, 0.29) is 25.7 Å². The molecular weight excluding hydrogens is 515 g/mol. The third-order valence-corrected chi connectivity index (χ3v) is 7.85. The third kappa shape index (κ3) is 25.9. The number of phosphoric acid groups is 1. The van der Waals surface area contributed by atoms with Gasteiger partial charge in [-0.3, -0.25) is 13.8 Å². The van der Waals surface area contributed by atoms with Gasteiger partial charge < -0.3 is 21.1 Å². The molecule has 0 aliphatic heterocycles. The van der Waals surface area contributed by atoms with Gasteiger partial charge in [0.25, 0.3) is 0 Å². The zero-order valence-corrected chi connectivity index (χ0v) is 26.0. The van der Waals surface area contributed by atoms with Gasteiger partial charge in [-0.15, -0.1) is 0 Å². The lowest BCUT2D eigenvalue weighted by atomic mass is 10.0. The Kier molecular flexibility index (Phi) is 26.9. The van der Waals surface area contributed by atoms with Crippen LogP contribution in [0.2, 0.25) is 0 Å². The maximum absolute atomic E-state index is 12.5. The minimum Gasteiger partial charge on any atom is -0.387 e. The van der Waals surface area contributed by atoms with Crippen LogP contribution >= 0.6 is 7.82 Å². The summed E-state index contributed by atoms with van der Waals surface area (Å²) >= 11 is 0. The Bertz CT molecular complexity index is 635. The molecule has 0 aliphatic rings. The topological polar surface area (TPSA) is 131 Å². The van der Waals surface area contributed by atoms with Crippen LogP contribution in [0.5, 0.6) is 0 Å². The van der Waals surface area contributed by atoms with Gasteiger partial charge >= 0.3 is 7.82 Å². The van der Waals surface area contributed by atoms with Gasteiger partial charge in [-0.2, -0.15) is 0 Å². The van der Waals surface area contributed by atoms with Gasteiger partial charge in [-0.05, 0) is 19.3 Å². The Morgan fingerprint density at radius 3 is 1.82 bits per heavy atom. The van der Waals surface area contributed by atoms with Crippen LogP contribution in [0.25, 0.3) is 0 Å². The summed E-state index contributed by atoms with van der Waals surface area (Å²) in [6.45, 7) is 4.05. The maximum Gasteiger partial charge on any atom is 0.472 e. The Morgan fingerprint density at radius 2 is 1.31 bits per heavy atom. The first-order chi connectivity index (χ1) is 18.9. The van der Waals surface area contributed by atoms with E-state index in [0.29, 0.717) is 6.42 Å². The molecule has 39 heavy (non-hydrogen) atoms. The van der Waals surface area contributed by atoms with Gasteiger partial charge in [0, 0.05) is 13.0 Å². The van der Waals surface area contributed by atoms with Crippen LogP contribution in [-0.4, -0.2) is 47.8 Å². The fraction of sp³-hybridized carbons (Fsp3) is 0.900. The quantitative estimate of drug-likeness (QED) is 0.0417. The predicted molar refractivity (Wildman–Crippen MR) is 162 cm³/mol.